The number of carbonyl (C=O) groups is 1. The minimum absolute atomic E-state index is 0.0793. The number of thiophene rings is 1. The van der Waals surface area contributed by atoms with E-state index >= 15 is 0 Å². The largest absolute Gasteiger partial charge is 0.496 e. The number of benzene rings is 1. The lowest BCUT2D eigenvalue weighted by atomic mass is 10.1. The Labute approximate surface area is 239 Å². The predicted octanol–water partition coefficient (Wildman–Crippen LogP) is 3.37. The molecule has 11 nitrogen and oxygen atoms in total. The van der Waals surface area contributed by atoms with Crippen molar-refractivity contribution in [2.75, 3.05) is 27.4 Å². The van der Waals surface area contributed by atoms with Crippen molar-refractivity contribution >= 4 is 27.5 Å². The van der Waals surface area contributed by atoms with Gasteiger partial charge in [0.05, 0.1) is 36.2 Å². The zero-order valence-electron chi connectivity index (χ0n) is 23.2. The highest BCUT2D eigenvalue weighted by Crippen LogP contribution is 2.43. The normalized spacial score (nSPS) is 17.4. The number of nitrogens with zero attached hydrogens (tertiary/aromatic N) is 3. The van der Waals surface area contributed by atoms with Gasteiger partial charge in [0.15, 0.2) is 0 Å². The topological polar surface area (TPSA) is 127 Å². The number of aryl methyl sites for hydroxylation is 1. The zero-order chi connectivity index (χ0) is 28.7. The van der Waals surface area contributed by atoms with Crippen molar-refractivity contribution in [1.82, 2.24) is 19.4 Å². The van der Waals surface area contributed by atoms with Crippen LogP contribution in [-0.2, 0) is 26.4 Å². The van der Waals surface area contributed by atoms with Crippen LogP contribution in [0.15, 0.2) is 50.7 Å². The Morgan fingerprint density at radius 2 is 2.00 bits per heavy atom. The number of hydrogen-bond acceptors (Lipinski definition) is 9. The summed E-state index contributed by atoms with van der Waals surface area (Å²) in [5, 5.41) is 3.01. The molecule has 1 amide bonds. The summed E-state index contributed by atoms with van der Waals surface area (Å²) in [6, 6.07) is 7.56. The van der Waals surface area contributed by atoms with Gasteiger partial charge in [0.1, 0.15) is 28.5 Å². The molecule has 1 saturated carbocycles. The Hall–Kier alpha value is -3.74. The Bertz CT molecular complexity index is 1690. The smallest absolute Gasteiger partial charge is 0.333 e. The fourth-order valence-corrected chi connectivity index (χ4v) is 6.93. The standard InChI is InChI=1S/C29H32N4O7S/c1-17-22-25(34)33(29(10-11-29)27(35)30-2)28(36)32(26(22)41-23(17)24-31-12-15-39-24)16-21(40-18-8-13-38-14-9-18)19-6-4-5-7-20(19)37-3/h4-7,12,15,18,21H,8-11,13-14,16H2,1-3H3,(H,30,35). The lowest BCUT2D eigenvalue weighted by molar-refractivity contribution is -0.125. The molecule has 1 N–H and O–H groups in total. The number of carbonyl (C=O) groups excluding carboxylic acids is 1. The number of rotatable bonds is 9. The number of ether oxygens (including phenoxy) is 3. The van der Waals surface area contributed by atoms with Crippen LogP contribution in [0, 0.1) is 6.92 Å². The van der Waals surface area contributed by atoms with Crippen LogP contribution in [0.3, 0.4) is 0 Å². The van der Waals surface area contributed by atoms with Gasteiger partial charge < -0.3 is 23.9 Å². The Kier molecular flexibility index (Phi) is 7.30. The molecule has 1 saturated heterocycles. The van der Waals surface area contributed by atoms with Crippen molar-refractivity contribution in [1.29, 1.82) is 0 Å². The molecule has 1 aromatic carbocycles. The first-order chi connectivity index (χ1) is 19.9. The minimum Gasteiger partial charge on any atom is -0.496 e. The molecule has 2 aliphatic rings. The molecule has 2 fully saturated rings. The van der Waals surface area contributed by atoms with Gasteiger partial charge in [-0.25, -0.2) is 14.3 Å². The van der Waals surface area contributed by atoms with Crippen molar-refractivity contribution in [2.45, 2.75) is 56.9 Å². The van der Waals surface area contributed by atoms with Crippen molar-refractivity contribution < 1.29 is 23.4 Å². The number of nitrogens with one attached hydrogen (secondary N) is 1. The highest BCUT2D eigenvalue weighted by molar-refractivity contribution is 7.22. The zero-order valence-corrected chi connectivity index (χ0v) is 24.0. The fraction of sp³-hybridized carbons (Fsp3) is 0.448. The number of fused-ring (bicyclic) bond motifs is 1. The Morgan fingerprint density at radius 1 is 1.24 bits per heavy atom. The van der Waals surface area contributed by atoms with Gasteiger partial charge in [-0.3, -0.25) is 14.2 Å². The summed E-state index contributed by atoms with van der Waals surface area (Å²) in [5.74, 6) is 0.637. The second-order valence-electron chi connectivity index (χ2n) is 10.4. The Balaban J connectivity index is 1.57. The molecule has 0 radical (unpaired) electrons. The molecule has 1 aliphatic heterocycles. The number of amides is 1. The summed E-state index contributed by atoms with van der Waals surface area (Å²) in [5.41, 5.74) is -0.843. The van der Waals surface area contributed by atoms with Crippen LogP contribution in [0.5, 0.6) is 5.75 Å². The van der Waals surface area contributed by atoms with Crippen molar-refractivity contribution in [2.24, 2.45) is 0 Å². The molecule has 3 aromatic heterocycles. The van der Waals surface area contributed by atoms with E-state index in [1.807, 2.05) is 31.2 Å². The van der Waals surface area contributed by atoms with Crippen molar-refractivity contribution in [3.63, 3.8) is 0 Å². The number of likely N-dealkylation sites (N-methyl/N-ethyl adjacent to an activating group) is 1. The molecule has 4 aromatic rings. The van der Waals surface area contributed by atoms with Gasteiger partial charge in [-0.1, -0.05) is 18.2 Å². The molecule has 4 heterocycles. The van der Waals surface area contributed by atoms with E-state index in [4.69, 9.17) is 18.6 Å². The highest BCUT2D eigenvalue weighted by Gasteiger charge is 2.54. The maximum absolute atomic E-state index is 14.3. The number of methoxy groups -OCH3 is 1. The van der Waals surface area contributed by atoms with Gasteiger partial charge in [-0.05, 0) is 44.2 Å². The van der Waals surface area contributed by atoms with Gasteiger partial charge in [0.2, 0.25) is 11.8 Å². The van der Waals surface area contributed by atoms with Crippen LogP contribution < -0.4 is 21.3 Å². The van der Waals surface area contributed by atoms with E-state index in [9.17, 15) is 14.4 Å². The van der Waals surface area contributed by atoms with Crippen LogP contribution in [0.2, 0.25) is 0 Å². The van der Waals surface area contributed by atoms with E-state index in [1.54, 1.807) is 11.7 Å². The van der Waals surface area contributed by atoms with Crippen molar-refractivity contribution in [3.05, 3.63) is 68.7 Å². The van der Waals surface area contributed by atoms with E-state index in [0.29, 0.717) is 58.4 Å². The van der Waals surface area contributed by atoms with E-state index < -0.39 is 22.9 Å². The average molecular weight is 581 g/mol. The third-order valence-corrected chi connectivity index (χ3v) is 9.30. The maximum Gasteiger partial charge on any atom is 0.333 e. The first-order valence-electron chi connectivity index (χ1n) is 13.7. The monoisotopic (exact) mass is 580 g/mol. The predicted molar refractivity (Wildman–Crippen MR) is 153 cm³/mol. The highest BCUT2D eigenvalue weighted by atomic mass is 32.1. The number of oxazole rings is 1. The second kappa shape index (κ2) is 10.9. The first-order valence-corrected chi connectivity index (χ1v) is 14.5. The van der Waals surface area contributed by atoms with Crippen LogP contribution in [0.25, 0.3) is 21.0 Å². The first kappa shape index (κ1) is 27.4. The summed E-state index contributed by atoms with van der Waals surface area (Å²) in [6.07, 6.45) is 4.59. The molecule has 216 valence electrons. The van der Waals surface area contributed by atoms with Crippen molar-refractivity contribution in [3.8, 4) is 16.5 Å². The third-order valence-electron chi connectivity index (χ3n) is 8.00. The molecule has 12 heteroatoms. The summed E-state index contributed by atoms with van der Waals surface area (Å²) in [7, 11) is 3.11. The third kappa shape index (κ3) is 4.69. The summed E-state index contributed by atoms with van der Waals surface area (Å²) in [4.78, 5) is 46.8. The summed E-state index contributed by atoms with van der Waals surface area (Å²) < 4.78 is 26.2. The molecule has 1 atom stereocenters. The van der Waals surface area contributed by atoms with Gasteiger partial charge in [-0.2, -0.15) is 0 Å². The molecule has 0 spiro atoms. The molecule has 41 heavy (non-hydrogen) atoms. The van der Waals surface area contributed by atoms with E-state index in [2.05, 4.69) is 10.3 Å². The number of hydrogen-bond donors (Lipinski definition) is 1. The van der Waals surface area contributed by atoms with Crippen LogP contribution in [0.1, 0.15) is 42.9 Å². The SMILES string of the molecule is CNC(=O)C1(n2c(=O)c3c(C)c(-c4ncco4)sc3n(CC(OC3CCOCC3)c3ccccc3OC)c2=O)CC1. The Morgan fingerprint density at radius 3 is 2.66 bits per heavy atom. The fourth-order valence-electron chi connectivity index (χ4n) is 5.69. The second-order valence-corrected chi connectivity index (χ2v) is 11.4. The molecule has 1 unspecified atom stereocenters. The van der Waals surface area contributed by atoms with E-state index in [0.717, 1.165) is 23.0 Å². The molecular formula is C29H32N4O7S. The molecule has 0 bridgehead atoms. The van der Waals surface area contributed by atoms with E-state index in [-0.39, 0.29) is 18.6 Å². The van der Waals surface area contributed by atoms with E-state index in [1.165, 1.54) is 30.8 Å². The van der Waals surface area contributed by atoms with Crippen LogP contribution in [0.4, 0.5) is 0 Å². The molecule has 1 aliphatic carbocycles. The van der Waals surface area contributed by atoms with Gasteiger partial charge in [0.25, 0.3) is 5.56 Å². The minimum atomic E-state index is -1.22. The number of para-hydroxylation sites is 1. The van der Waals surface area contributed by atoms with Gasteiger partial charge >= 0.3 is 5.69 Å². The average Bonchev–Trinajstić information content (AvgIpc) is 3.44. The van der Waals surface area contributed by atoms with Crippen LogP contribution >= 0.6 is 11.3 Å². The van der Waals surface area contributed by atoms with Crippen LogP contribution in [-0.4, -0.2) is 53.5 Å². The molecular weight excluding hydrogens is 548 g/mol. The van der Waals surface area contributed by atoms with Gasteiger partial charge in [0, 0.05) is 25.8 Å². The lowest BCUT2D eigenvalue weighted by Crippen LogP contribution is -2.51. The molecule has 6 rings (SSSR count). The maximum atomic E-state index is 14.3. The summed E-state index contributed by atoms with van der Waals surface area (Å²) in [6.45, 7) is 3.10. The summed E-state index contributed by atoms with van der Waals surface area (Å²) >= 11 is 1.27. The number of aromatic nitrogens is 3. The lowest BCUT2D eigenvalue weighted by Gasteiger charge is -2.29. The van der Waals surface area contributed by atoms with Gasteiger partial charge in [-0.15, -0.1) is 11.3 Å². The quantitative estimate of drug-likeness (QED) is 0.319.